The predicted octanol–water partition coefficient (Wildman–Crippen LogP) is 3.97. The molecule has 0 fully saturated rings. The lowest BCUT2D eigenvalue weighted by atomic mass is 10.1. The zero-order valence-electron chi connectivity index (χ0n) is 15.2. The van der Waals surface area contributed by atoms with E-state index in [-0.39, 0.29) is 0 Å². The van der Waals surface area contributed by atoms with Crippen LogP contribution < -0.4 is 20.5 Å². The van der Waals surface area contributed by atoms with E-state index < -0.39 is 0 Å². The van der Waals surface area contributed by atoms with Crippen molar-refractivity contribution in [3.63, 3.8) is 0 Å². The van der Waals surface area contributed by atoms with E-state index in [1.165, 1.54) is 5.56 Å². The van der Waals surface area contributed by atoms with E-state index in [2.05, 4.69) is 36.3 Å². The number of aryl methyl sites for hydroxylation is 1. The van der Waals surface area contributed by atoms with Crippen molar-refractivity contribution in [2.24, 2.45) is 10.7 Å². The maximum atomic E-state index is 5.97. The van der Waals surface area contributed by atoms with Crippen molar-refractivity contribution < 1.29 is 9.47 Å². The lowest BCUT2D eigenvalue weighted by Gasteiger charge is -2.11. The molecule has 3 N–H and O–H groups in total. The van der Waals surface area contributed by atoms with Crippen LogP contribution in [-0.4, -0.2) is 19.7 Å². The van der Waals surface area contributed by atoms with Crippen molar-refractivity contribution in [1.82, 2.24) is 0 Å². The molecule has 5 heteroatoms. The van der Waals surface area contributed by atoms with Gasteiger partial charge in [-0.2, -0.15) is 0 Å². The van der Waals surface area contributed by atoms with E-state index in [1.54, 1.807) is 7.11 Å². The Bertz CT molecular complexity index is 697. The molecule has 0 aliphatic carbocycles. The van der Waals surface area contributed by atoms with Crippen molar-refractivity contribution in [3.8, 4) is 11.5 Å². The first-order valence-corrected chi connectivity index (χ1v) is 8.61. The molecule has 0 saturated heterocycles. The Balaban J connectivity index is 1.99. The van der Waals surface area contributed by atoms with Crippen LogP contribution in [0.1, 0.15) is 31.4 Å². The molecule has 0 aliphatic rings. The molecule has 0 saturated carbocycles. The second-order valence-corrected chi connectivity index (χ2v) is 5.71. The number of ether oxygens (including phenoxy) is 2. The molecule has 0 radical (unpaired) electrons. The second-order valence-electron chi connectivity index (χ2n) is 5.71. The Hall–Kier alpha value is -2.69. The lowest BCUT2D eigenvalue weighted by molar-refractivity contribution is 0.294. The normalized spacial score (nSPS) is 11.2. The Kier molecular flexibility index (Phi) is 7.14. The largest absolute Gasteiger partial charge is 0.493 e. The maximum absolute atomic E-state index is 5.97. The number of hydrogen-bond acceptors (Lipinski definition) is 3. The summed E-state index contributed by atoms with van der Waals surface area (Å²) in [6.45, 7) is 5.34. The summed E-state index contributed by atoms with van der Waals surface area (Å²) in [5.41, 5.74) is 9.20. The van der Waals surface area contributed by atoms with Crippen molar-refractivity contribution in [1.29, 1.82) is 0 Å². The summed E-state index contributed by atoms with van der Waals surface area (Å²) in [7, 11) is 1.64. The van der Waals surface area contributed by atoms with Crippen molar-refractivity contribution in [2.45, 2.75) is 33.2 Å². The predicted molar refractivity (Wildman–Crippen MR) is 104 cm³/mol. The van der Waals surface area contributed by atoms with Crippen molar-refractivity contribution >= 4 is 11.6 Å². The van der Waals surface area contributed by atoms with Crippen LogP contribution in [0, 0.1) is 0 Å². The summed E-state index contributed by atoms with van der Waals surface area (Å²) in [4.78, 5) is 4.39. The number of nitrogens with two attached hydrogens (primary N) is 1. The third-order valence-corrected chi connectivity index (χ3v) is 3.76. The zero-order valence-corrected chi connectivity index (χ0v) is 15.2. The Morgan fingerprint density at radius 3 is 2.40 bits per heavy atom. The molecule has 0 heterocycles. The van der Waals surface area contributed by atoms with Crippen LogP contribution in [0.4, 0.5) is 5.69 Å². The molecular formula is C20H27N3O2. The number of rotatable bonds is 8. The van der Waals surface area contributed by atoms with E-state index in [0.29, 0.717) is 24.9 Å². The van der Waals surface area contributed by atoms with Crippen molar-refractivity contribution in [3.05, 3.63) is 53.6 Å². The molecule has 134 valence electrons. The molecule has 2 rings (SSSR count). The third kappa shape index (κ3) is 5.71. The van der Waals surface area contributed by atoms with Crippen LogP contribution in [0.25, 0.3) is 0 Å². The molecule has 0 aromatic heterocycles. The minimum atomic E-state index is 0.384. The smallest absolute Gasteiger partial charge is 0.193 e. The molecule has 2 aromatic carbocycles. The fourth-order valence-electron chi connectivity index (χ4n) is 2.33. The average molecular weight is 341 g/mol. The molecule has 0 bridgehead atoms. The van der Waals surface area contributed by atoms with Gasteiger partial charge in [0.25, 0.3) is 0 Å². The zero-order chi connectivity index (χ0) is 18.1. The SMILES string of the molecule is CCCOc1ccc(CN=C(N)Nc2ccc(CC)cc2)cc1OC. The summed E-state index contributed by atoms with van der Waals surface area (Å²) >= 11 is 0. The summed E-state index contributed by atoms with van der Waals surface area (Å²) in [5, 5.41) is 3.10. The van der Waals surface area contributed by atoms with Crippen molar-refractivity contribution in [2.75, 3.05) is 19.0 Å². The Morgan fingerprint density at radius 2 is 1.76 bits per heavy atom. The Morgan fingerprint density at radius 1 is 1.04 bits per heavy atom. The number of guanidine groups is 1. The van der Waals surface area contributed by atoms with Gasteiger partial charge < -0.3 is 20.5 Å². The molecule has 25 heavy (non-hydrogen) atoms. The van der Waals surface area contributed by atoms with E-state index in [1.807, 2.05) is 30.3 Å². The number of nitrogens with one attached hydrogen (secondary N) is 1. The lowest BCUT2D eigenvalue weighted by Crippen LogP contribution is -2.22. The Labute approximate surface area is 149 Å². The quantitative estimate of drug-likeness (QED) is 0.563. The molecule has 0 unspecified atom stereocenters. The molecule has 2 aromatic rings. The summed E-state index contributed by atoms with van der Waals surface area (Å²) in [6.07, 6.45) is 1.97. The molecular weight excluding hydrogens is 314 g/mol. The van der Waals surface area contributed by atoms with E-state index >= 15 is 0 Å². The van der Waals surface area contributed by atoms with E-state index in [4.69, 9.17) is 15.2 Å². The van der Waals surface area contributed by atoms with Gasteiger partial charge in [-0.15, -0.1) is 0 Å². The minimum Gasteiger partial charge on any atom is -0.493 e. The van der Waals surface area contributed by atoms with Crippen LogP contribution in [0.3, 0.4) is 0 Å². The van der Waals surface area contributed by atoms with Gasteiger partial charge >= 0.3 is 0 Å². The second kappa shape index (κ2) is 9.57. The van der Waals surface area contributed by atoms with Gasteiger partial charge in [-0.25, -0.2) is 4.99 Å². The van der Waals surface area contributed by atoms with Crippen LogP contribution in [0.2, 0.25) is 0 Å². The van der Waals surface area contributed by atoms with E-state index in [0.717, 1.165) is 29.8 Å². The van der Waals surface area contributed by atoms with Crippen LogP contribution in [-0.2, 0) is 13.0 Å². The first-order valence-electron chi connectivity index (χ1n) is 8.61. The van der Waals surface area contributed by atoms with E-state index in [9.17, 15) is 0 Å². The number of aliphatic imine (C=N–C) groups is 1. The fourth-order valence-corrected chi connectivity index (χ4v) is 2.33. The average Bonchev–Trinajstić information content (AvgIpc) is 2.65. The minimum absolute atomic E-state index is 0.384. The van der Waals surface area contributed by atoms with Gasteiger partial charge in [-0.05, 0) is 48.2 Å². The highest BCUT2D eigenvalue weighted by molar-refractivity contribution is 5.92. The van der Waals surface area contributed by atoms with Crippen LogP contribution >= 0.6 is 0 Å². The molecule has 0 atom stereocenters. The number of benzene rings is 2. The standard InChI is InChI=1S/C20H27N3O2/c1-4-12-25-18-11-8-16(13-19(18)24-3)14-22-20(21)23-17-9-6-15(5-2)7-10-17/h6-11,13H,4-5,12,14H2,1-3H3,(H3,21,22,23). The fraction of sp³-hybridized carbons (Fsp3) is 0.350. The first kappa shape index (κ1) is 18.6. The van der Waals surface area contributed by atoms with Crippen LogP contribution in [0.15, 0.2) is 47.5 Å². The molecule has 0 spiro atoms. The first-order chi connectivity index (χ1) is 12.2. The highest BCUT2D eigenvalue weighted by Gasteiger charge is 2.05. The summed E-state index contributed by atoms with van der Waals surface area (Å²) < 4.78 is 11.0. The van der Waals surface area contributed by atoms with Gasteiger partial charge in [0.05, 0.1) is 20.3 Å². The van der Waals surface area contributed by atoms with Gasteiger partial charge in [-0.1, -0.05) is 32.0 Å². The van der Waals surface area contributed by atoms with Gasteiger partial charge in [0.2, 0.25) is 0 Å². The molecule has 0 amide bonds. The number of hydrogen-bond donors (Lipinski definition) is 2. The van der Waals surface area contributed by atoms with Gasteiger partial charge in [0.1, 0.15) is 0 Å². The van der Waals surface area contributed by atoms with Gasteiger partial charge in [0, 0.05) is 5.69 Å². The highest BCUT2D eigenvalue weighted by atomic mass is 16.5. The topological polar surface area (TPSA) is 68.9 Å². The van der Waals surface area contributed by atoms with Gasteiger partial charge in [-0.3, -0.25) is 0 Å². The number of methoxy groups -OCH3 is 1. The monoisotopic (exact) mass is 341 g/mol. The highest BCUT2D eigenvalue weighted by Crippen LogP contribution is 2.28. The number of anilines is 1. The number of nitrogens with zero attached hydrogens (tertiary/aromatic N) is 1. The molecule has 5 nitrogen and oxygen atoms in total. The maximum Gasteiger partial charge on any atom is 0.193 e. The summed E-state index contributed by atoms with van der Waals surface area (Å²) in [5.74, 6) is 1.84. The van der Waals surface area contributed by atoms with Crippen LogP contribution in [0.5, 0.6) is 11.5 Å². The van der Waals surface area contributed by atoms with Gasteiger partial charge in [0.15, 0.2) is 17.5 Å². The third-order valence-electron chi connectivity index (χ3n) is 3.76. The molecule has 0 aliphatic heterocycles. The summed E-state index contributed by atoms with van der Waals surface area (Å²) in [6, 6.07) is 14.0.